The average Bonchev–Trinajstić information content (AvgIpc) is 3.32. The Morgan fingerprint density at radius 1 is 1.06 bits per heavy atom. The largest absolute Gasteiger partial charge is 0.455 e. The van der Waals surface area contributed by atoms with Gasteiger partial charge < -0.3 is 9.15 Å². The van der Waals surface area contributed by atoms with Gasteiger partial charge in [0.15, 0.2) is 12.4 Å². The molecule has 0 aliphatic carbocycles. The van der Waals surface area contributed by atoms with E-state index in [0.29, 0.717) is 5.76 Å². The van der Waals surface area contributed by atoms with E-state index in [4.69, 9.17) is 9.15 Å². The van der Waals surface area contributed by atoms with E-state index in [9.17, 15) is 26.4 Å². The van der Waals surface area contributed by atoms with Gasteiger partial charge in [0.2, 0.25) is 15.9 Å². The van der Waals surface area contributed by atoms with Crippen molar-refractivity contribution < 1.29 is 35.5 Å². The first-order valence-electron chi connectivity index (χ1n) is 10.5. The molecule has 3 aromatic rings. The van der Waals surface area contributed by atoms with Crippen LogP contribution in [0.2, 0.25) is 0 Å². The molecule has 0 unspecified atom stereocenters. The number of oxazole rings is 1. The average molecular weight is 494 g/mol. The Balaban J connectivity index is 1.34. The van der Waals surface area contributed by atoms with Crippen molar-refractivity contribution in [3.8, 4) is 11.3 Å². The molecule has 0 saturated carbocycles. The summed E-state index contributed by atoms with van der Waals surface area (Å²) >= 11 is 0. The minimum atomic E-state index is -4.80. The minimum Gasteiger partial charge on any atom is -0.455 e. The van der Waals surface area contributed by atoms with Gasteiger partial charge in [-0.25, -0.2) is 13.4 Å². The first kappa shape index (κ1) is 24.0. The summed E-state index contributed by atoms with van der Waals surface area (Å²) < 4.78 is 77.4. The van der Waals surface area contributed by atoms with Crippen molar-refractivity contribution in [2.24, 2.45) is 5.92 Å². The normalized spacial score (nSPS) is 15.9. The lowest BCUT2D eigenvalue weighted by Crippen LogP contribution is -2.41. The Morgan fingerprint density at radius 2 is 1.71 bits per heavy atom. The highest BCUT2D eigenvalue weighted by Gasteiger charge is 2.40. The molecule has 1 saturated heterocycles. The van der Waals surface area contributed by atoms with E-state index in [1.54, 1.807) is 0 Å². The Hall–Kier alpha value is -3.18. The van der Waals surface area contributed by atoms with Crippen molar-refractivity contribution in [2.45, 2.75) is 30.5 Å². The van der Waals surface area contributed by atoms with E-state index in [1.807, 2.05) is 30.3 Å². The van der Waals surface area contributed by atoms with E-state index < -0.39 is 38.5 Å². The summed E-state index contributed by atoms with van der Waals surface area (Å²) in [6, 6.07) is 13.3. The number of rotatable bonds is 6. The highest BCUT2D eigenvalue weighted by Crippen LogP contribution is 2.36. The number of hydrogen-bond donors (Lipinski definition) is 0. The van der Waals surface area contributed by atoms with Crippen LogP contribution in [0.4, 0.5) is 13.2 Å². The third kappa shape index (κ3) is 5.15. The number of halogens is 3. The number of sulfonamides is 1. The number of ether oxygens (including phenoxy) is 1. The zero-order valence-corrected chi connectivity index (χ0v) is 18.7. The molecule has 180 valence electrons. The van der Waals surface area contributed by atoms with Gasteiger partial charge in [0.25, 0.3) is 0 Å². The van der Waals surface area contributed by atoms with Crippen LogP contribution in [0, 0.1) is 5.92 Å². The number of benzene rings is 2. The van der Waals surface area contributed by atoms with Gasteiger partial charge in [0, 0.05) is 18.7 Å². The topological polar surface area (TPSA) is 89.7 Å². The lowest BCUT2D eigenvalue weighted by atomic mass is 9.98. The number of piperidine rings is 1. The highest BCUT2D eigenvalue weighted by atomic mass is 32.2. The Kier molecular flexibility index (Phi) is 6.76. The Bertz CT molecular complexity index is 1250. The predicted octanol–water partition coefficient (Wildman–Crippen LogP) is 4.50. The molecule has 1 aliphatic rings. The smallest absolute Gasteiger partial charge is 0.417 e. The van der Waals surface area contributed by atoms with E-state index in [1.165, 1.54) is 12.3 Å². The SMILES string of the molecule is O=C(OCc1ncc(-c2ccccc2)o1)C1CCN(S(=O)(=O)c2ccccc2C(F)(F)F)CC1. The van der Waals surface area contributed by atoms with E-state index >= 15 is 0 Å². The summed E-state index contributed by atoms with van der Waals surface area (Å²) in [5.74, 6) is -0.361. The molecule has 2 heterocycles. The molecule has 7 nitrogen and oxygen atoms in total. The summed E-state index contributed by atoms with van der Waals surface area (Å²) in [6.07, 6.45) is -3.01. The molecule has 2 aromatic carbocycles. The quantitative estimate of drug-likeness (QED) is 0.469. The number of esters is 1. The van der Waals surface area contributed by atoms with Crippen LogP contribution in [0.15, 0.2) is 70.1 Å². The van der Waals surface area contributed by atoms with Gasteiger partial charge in [0.05, 0.1) is 22.6 Å². The van der Waals surface area contributed by atoms with E-state index in [-0.39, 0.29) is 38.4 Å². The number of carbonyl (C=O) groups excluding carboxylic acids is 1. The van der Waals surface area contributed by atoms with Crippen molar-refractivity contribution in [1.29, 1.82) is 0 Å². The monoisotopic (exact) mass is 494 g/mol. The maximum atomic E-state index is 13.3. The lowest BCUT2D eigenvalue weighted by Gasteiger charge is -2.30. The molecular formula is C23H21F3N2O5S. The fourth-order valence-corrected chi connectivity index (χ4v) is 5.44. The fourth-order valence-electron chi connectivity index (χ4n) is 3.76. The Morgan fingerprint density at radius 3 is 2.38 bits per heavy atom. The van der Waals surface area contributed by atoms with Gasteiger partial charge in [-0.1, -0.05) is 42.5 Å². The molecular weight excluding hydrogens is 473 g/mol. The molecule has 4 rings (SSSR count). The molecule has 34 heavy (non-hydrogen) atoms. The van der Waals surface area contributed by atoms with Gasteiger partial charge in [-0.3, -0.25) is 4.79 Å². The van der Waals surface area contributed by atoms with Crippen molar-refractivity contribution >= 4 is 16.0 Å². The molecule has 1 aromatic heterocycles. The van der Waals surface area contributed by atoms with Gasteiger partial charge in [-0.05, 0) is 25.0 Å². The van der Waals surface area contributed by atoms with Crippen LogP contribution >= 0.6 is 0 Å². The third-order valence-corrected chi connectivity index (χ3v) is 7.50. The zero-order chi connectivity index (χ0) is 24.3. The standard InChI is InChI=1S/C23H21F3N2O5S/c24-23(25,26)18-8-4-5-9-20(18)34(30,31)28-12-10-17(11-13-28)22(29)32-15-21-27-14-19(33-21)16-6-2-1-3-7-16/h1-9,14,17H,10-13,15H2. The number of alkyl halides is 3. The zero-order valence-electron chi connectivity index (χ0n) is 17.9. The van der Waals surface area contributed by atoms with Crippen LogP contribution in [0.1, 0.15) is 24.3 Å². The number of aromatic nitrogens is 1. The molecule has 1 fully saturated rings. The first-order chi connectivity index (χ1) is 16.2. The van der Waals surface area contributed by atoms with Gasteiger partial charge >= 0.3 is 12.1 Å². The molecule has 11 heteroatoms. The van der Waals surface area contributed by atoms with E-state index in [0.717, 1.165) is 28.1 Å². The maximum absolute atomic E-state index is 13.3. The number of carbonyl (C=O) groups is 1. The predicted molar refractivity (Wildman–Crippen MR) is 115 cm³/mol. The molecule has 0 atom stereocenters. The second-order valence-corrected chi connectivity index (χ2v) is 9.67. The van der Waals surface area contributed by atoms with Crippen LogP contribution in [0.25, 0.3) is 11.3 Å². The van der Waals surface area contributed by atoms with Crippen LogP contribution in [0.3, 0.4) is 0 Å². The fraction of sp³-hybridized carbons (Fsp3) is 0.304. The summed E-state index contributed by atoms with van der Waals surface area (Å²) in [6.45, 7) is -0.361. The van der Waals surface area contributed by atoms with Gasteiger partial charge in [-0.2, -0.15) is 17.5 Å². The minimum absolute atomic E-state index is 0.0918. The van der Waals surface area contributed by atoms with Crippen LogP contribution in [-0.2, 0) is 32.3 Å². The van der Waals surface area contributed by atoms with Crippen LogP contribution < -0.4 is 0 Å². The second kappa shape index (κ2) is 9.59. The van der Waals surface area contributed by atoms with Crippen molar-refractivity contribution in [3.05, 3.63) is 72.2 Å². The molecule has 0 radical (unpaired) electrons. The van der Waals surface area contributed by atoms with Crippen molar-refractivity contribution in [3.63, 3.8) is 0 Å². The first-order valence-corrected chi connectivity index (χ1v) is 11.9. The van der Waals surface area contributed by atoms with Crippen molar-refractivity contribution in [2.75, 3.05) is 13.1 Å². The number of nitrogens with zero attached hydrogens (tertiary/aromatic N) is 2. The summed E-state index contributed by atoms with van der Waals surface area (Å²) in [5.41, 5.74) is -0.384. The maximum Gasteiger partial charge on any atom is 0.417 e. The molecule has 0 bridgehead atoms. The van der Waals surface area contributed by atoms with Crippen molar-refractivity contribution in [1.82, 2.24) is 9.29 Å². The summed E-state index contributed by atoms with van der Waals surface area (Å²) in [5, 5.41) is 0. The Labute approximate surface area is 194 Å². The second-order valence-electron chi connectivity index (χ2n) is 7.76. The summed E-state index contributed by atoms with van der Waals surface area (Å²) in [7, 11) is -4.37. The van der Waals surface area contributed by atoms with Gasteiger partial charge in [0.1, 0.15) is 0 Å². The van der Waals surface area contributed by atoms with Crippen LogP contribution in [-0.4, -0.2) is 36.8 Å². The van der Waals surface area contributed by atoms with Gasteiger partial charge in [-0.15, -0.1) is 0 Å². The lowest BCUT2D eigenvalue weighted by molar-refractivity contribution is -0.151. The summed E-state index contributed by atoms with van der Waals surface area (Å²) in [4.78, 5) is 15.8. The third-order valence-electron chi connectivity index (χ3n) is 5.55. The van der Waals surface area contributed by atoms with E-state index in [2.05, 4.69) is 4.98 Å². The molecule has 0 amide bonds. The molecule has 0 spiro atoms. The van der Waals surface area contributed by atoms with Crippen LogP contribution in [0.5, 0.6) is 0 Å². The molecule has 0 N–H and O–H groups in total. The molecule has 1 aliphatic heterocycles. The number of hydrogen-bond acceptors (Lipinski definition) is 6. The highest BCUT2D eigenvalue weighted by molar-refractivity contribution is 7.89.